The molecule has 4 heterocycles. The van der Waals surface area contributed by atoms with Crippen LogP contribution >= 0.6 is 0 Å². The molecule has 7 rings (SSSR count). The maximum Gasteiger partial charge on any atom is 0.221 e. The molecule has 1 N–H and O–H groups in total. The zero-order chi connectivity index (χ0) is 26.7. The fraction of sp³-hybridized carbons (Fsp3) is 0.156. The molecule has 3 aromatic carbocycles. The highest BCUT2D eigenvalue weighted by Gasteiger charge is 2.26. The lowest BCUT2D eigenvalue weighted by Gasteiger charge is -2.27. The standard InChI is InChI=1S/C32H28N6O/c1-21-7-4-10-27-30(21)35-31-37(27)26-12-11-24(19-28(26)38(31)29-17-22(20-39)13-15-33-29)32(2,3)23-8-5-9-25(18-23)36-16-6-14-34-36/h4-19,39H,20H2,1-3H3. The normalized spacial score (nSPS) is 12.2. The van der Waals surface area contributed by atoms with Crippen LogP contribution in [0.2, 0.25) is 0 Å². The van der Waals surface area contributed by atoms with Gasteiger partial charge in [-0.15, -0.1) is 0 Å². The van der Waals surface area contributed by atoms with Crippen molar-refractivity contribution in [1.29, 1.82) is 0 Å². The summed E-state index contributed by atoms with van der Waals surface area (Å²) in [5, 5.41) is 14.3. The molecule has 7 heteroatoms. The summed E-state index contributed by atoms with van der Waals surface area (Å²) in [6.07, 6.45) is 5.49. The van der Waals surface area contributed by atoms with Gasteiger partial charge in [0.1, 0.15) is 5.82 Å². The molecule has 0 unspecified atom stereocenters. The van der Waals surface area contributed by atoms with Gasteiger partial charge in [0.25, 0.3) is 0 Å². The number of aliphatic hydroxyl groups is 1. The monoisotopic (exact) mass is 512 g/mol. The van der Waals surface area contributed by atoms with Gasteiger partial charge in [-0.1, -0.05) is 44.2 Å². The number of aliphatic hydroxyl groups excluding tert-OH is 1. The molecule has 7 nitrogen and oxygen atoms in total. The van der Waals surface area contributed by atoms with Crippen molar-refractivity contribution in [3.63, 3.8) is 0 Å². The third-order valence-corrected chi connectivity index (χ3v) is 7.81. The van der Waals surface area contributed by atoms with Crippen molar-refractivity contribution in [3.05, 3.63) is 120 Å². The van der Waals surface area contributed by atoms with Gasteiger partial charge in [-0.25, -0.2) is 14.6 Å². The third kappa shape index (κ3) is 3.58. The lowest BCUT2D eigenvalue weighted by molar-refractivity contribution is 0.281. The number of aromatic nitrogens is 6. The molecule has 0 radical (unpaired) electrons. The highest BCUT2D eigenvalue weighted by molar-refractivity contribution is 5.93. The van der Waals surface area contributed by atoms with Gasteiger partial charge in [-0.2, -0.15) is 5.10 Å². The van der Waals surface area contributed by atoms with Crippen LogP contribution in [-0.2, 0) is 12.0 Å². The fourth-order valence-electron chi connectivity index (χ4n) is 5.54. The second-order valence-corrected chi connectivity index (χ2v) is 10.5. The van der Waals surface area contributed by atoms with Crippen LogP contribution in [0.25, 0.3) is 39.3 Å². The van der Waals surface area contributed by atoms with Crippen LogP contribution in [0.1, 0.15) is 36.1 Å². The van der Waals surface area contributed by atoms with Crippen LogP contribution < -0.4 is 0 Å². The van der Waals surface area contributed by atoms with E-state index in [2.05, 4.69) is 95.5 Å². The second-order valence-electron chi connectivity index (χ2n) is 10.5. The lowest BCUT2D eigenvalue weighted by atomic mass is 9.78. The van der Waals surface area contributed by atoms with Crippen LogP contribution in [0.5, 0.6) is 0 Å². The van der Waals surface area contributed by atoms with Crippen molar-refractivity contribution in [3.8, 4) is 11.5 Å². The van der Waals surface area contributed by atoms with Gasteiger partial charge in [0, 0.05) is 24.0 Å². The summed E-state index contributed by atoms with van der Waals surface area (Å²) in [7, 11) is 0. The Morgan fingerprint density at radius 2 is 1.67 bits per heavy atom. The van der Waals surface area contributed by atoms with Crippen molar-refractivity contribution in [2.24, 2.45) is 0 Å². The SMILES string of the molecule is Cc1cccc2c1nc1n(-c3cc(CO)ccn3)c3cc(C(C)(C)c4cccc(-n5cccn5)c4)ccc3n21. The largest absolute Gasteiger partial charge is 0.392 e. The molecule has 7 aromatic rings. The summed E-state index contributed by atoms with van der Waals surface area (Å²) in [4.78, 5) is 9.79. The van der Waals surface area contributed by atoms with Crippen molar-refractivity contribution < 1.29 is 5.11 Å². The van der Waals surface area contributed by atoms with E-state index in [9.17, 15) is 5.11 Å². The van der Waals surface area contributed by atoms with Crippen LogP contribution in [-0.4, -0.2) is 33.8 Å². The van der Waals surface area contributed by atoms with Gasteiger partial charge in [0.05, 0.1) is 34.4 Å². The number of hydrogen-bond acceptors (Lipinski definition) is 4. The number of pyridine rings is 1. The van der Waals surface area contributed by atoms with E-state index >= 15 is 0 Å². The molecule has 0 saturated heterocycles. The minimum Gasteiger partial charge on any atom is -0.392 e. The Hall–Kier alpha value is -4.75. The molecule has 0 aliphatic rings. The number of nitrogens with zero attached hydrogens (tertiary/aromatic N) is 6. The summed E-state index contributed by atoms with van der Waals surface area (Å²) < 4.78 is 6.20. The van der Waals surface area contributed by atoms with Crippen LogP contribution in [0.4, 0.5) is 0 Å². The molecule has 0 amide bonds. The second kappa shape index (κ2) is 8.64. The average Bonchev–Trinajstić information content (AvgIpc) is 3.69. The van der Waals surface area contributed by atoms with Gasteiger partial charge >= 0.3 is 0 Å². The molecular formula is C32H28N6O. The minimum absolute atomic E-state index is 0.0502. The molecule has 0 saturated carbocycles. The Bertz CT molecular complexity index is 1990. The summed E-state index contributed by atoms with van der Waals surface area (Å²) in [6, 6.07) is 27.1. The van der Waals surface area contributed by atoms with Gasteiger partial charge in [0.2, 0.25) is 5.78 Å². The zero-order valence-electron chi connectivity index (χ0n) is 22.1. The predicted molar refractivity (Wildman–Crippen MR) is 154 cm³/mol. The first-order valence-corrected chi connectivity index (χ1v) is 13.0. The molecule has 0 atom stereocenters. The van der Waals surface area contributed by atoms with E-state index < -0.39 is 0 Å². The molecule has 0 spiro atoms. The van der Waals surface area contributed by atoms with Gasteiger partial charge < -0.3 is 5.11 Å². The Labute approximate surface area is 225 Å². The first-order chi connectivity index (χ1) is 19.0. The fourth-order valence-corrected chi connectivity index (χ4v) is 5.54. The van der Waals surface area contributed by atoms with Gasteiger partial charge in [0.15, 0.2) is 0 Å². The summed E-state index contributed by atoms with van der Waals surface area (Å²) in [6.45, 7) is 6.53. The molecule has 0 bridgehead atoms. The Kier molecular flexibility index (Phi) is 5.18. The number of para-hydroxylation sites is 1. The van der Waals surface area contributed by atoms with E-state index in [-0.39, 0.29) is 12.0 Å². The van der Waals surface area contributed by atoms with Crippen molar-refractivity contribution in [1.82, 2.24) is 28.7 Å². The number of aryl methyl sites for hydroxylation is 1. The van der Waals surface area contributed by atoms with E-state index in [0.717, 1.165) is 50.5 Å². The molecular weight excluding hydrogens is 484 g/mol. The average molecular weight is 513 g/mol. The summed E-state index contributed by atoms with van der Waals surface area (Å²) in [5.74, 6) is 1.53. The van der Waals surface area contributed by atoms with E-state index in [1.165, 1.54) is 11.1 Å². The summed E-state index contributed by atoms with van der Waals surface area (Å²) >= 11 is 0. The smallest absolute Gasteiger partial charge is 0.221 e. The maximum atomic E-state index is 9.84. The highest BCUT2D eigenvalue weighted by Crippen LogP contribution is 2.37. The van der Waals surface area contributed by atoms with E-state index in [0.29, 0.717) is 0 Å². The van der Waals surface area contributed by atoms with Crippen molar-refractivity contribution in [2.45, 2.75) is 32.8 Å². The summed E-state index contributed by atoms with van der Waals surface area (Å²) in [5.41, 5.74) is 9.15. The number of rotatable bonds is 5. The first-order valence-electron chi connectivity index (χ1n) is 13.0. The minimum atomic E-state index is -0.284. The predicted octanol–water partition coefficient (Wildman–Crippen LogP) is 6.14. The number of fused-ring (bicyclic) bond motifs is 5. The Morgan fingerprint density at radius 3 is 2.49 bits per heavy atom. The number of benzene rings is 3. The van der Waals surface area contributed by atoms with Crippen LogP contribution in [0.3, 0.4) is 0 Å². The third-order valence-electron chi connectivity index (χ3n) is 7.81. The van der Waals surface area contributed by atoms with E-state index in [4.69, 9.17) is 9.97 Å². The quantitative estimate of drug-likeness (QED) is 0.301. The maximum absolute atomic E-state index is 9.84. The molecule has 192 valence electrons. The lowest BCUT2D eigenvalue weighted by Crippen LogP contribution is -2.19. The van der Waals surface area contributed by atoms with Crippen LogP contribution in [0.15, 0.2) is 97.5 Å². The molecule has 0 fully saturated rings. The molecule has 0 aliphatic carbocycles. The molecule has 0 aliphatic heterocycles. The Morgan fingerprint density at radius 1 is 0.821 bits per heavy atom. The van der Waals surface area contributed by atoms with Gasteiger partial charge in [-0.05, 0) is 77.7 Å². The van der Waals surface area contributed by atoms with E-state index in [1.54, 1.807) is 12.4 Å². The Balaban J connectivity index is 1.48. The van der Waals surface area contributed by atoms with Crippen molar-refractivity contribution >= 4 is 27.8 Å². The zero-order valence-corrected chi connectivity index (χ0v) is 22.1. The van der Waals surface area contributed by atoms with Crippen LogP contribution in [0, 0.1) is 6.92 Å². The molecule has 39 heavy (non-hydrogen) atoms. The number of imidazole rings is 2. The van der Waals surface area contributed by atoms with Crippen molar-refractivity contribution in [2.75, 3.05) is 0 Å². The highest BCUT2D eigenvalue weighted by atomic mass is 16.3. The topological polar surface area (TPSA) is 73.2 Å². The van der Waals surface area contributed by atoms with E-state index in [1.807, 2.05) is 29.1 Å². The number of hydrogen-bond donors (Lipinski definition) is 1. The molecule has 4 aromatic heterocycles. The van der Waals surface area contributed by atoms with Gasteiger partial charge in [-0.3, -0.25) is 8.97 Å². The first kappa shape index (κ1) is 23.4.